The van der Waals surface area contributed by atoms with Crippen LogP contribution in [0.5, 0.6) is 0 Å². The molecule has 1 aromatic carbocycles. The predicted molar refractivity (Wildman–Crippen MR) is 78.0 cm³/mol. The number of carboxylic acids is 1. The fraction of sp³-hybridized carbons (Fsp3) is 0.385. The van der Waals surface area contributed by atoms with Crippen molar-refractivity contribution in [3.63, 3.8) is 0 Å². The fourth-order valence-corrected chi connectivity index (χ4v) is 1.53. The minimum Gasteiger partial charge on any atom is -0.478 e. The lowest BCUT2D eigenvalue weighted by molar-refractivity contribution is 0.0698. The third-order valence-corrected chi connectivity index (χ3v) is 3.88. The summed E-state index contributed by atoms with van der Waals surface area (Å²) in [5, 5.41) is 14.3. The molecule has 0 spiro atoms. The number of carboxylic acid groups (broad SMARTS) is 1. The highest BCUT2D eigenvalue weighted by molar-refractivity contribution is 7.99. The summed E-state index contributed by atoms with van der Waals surface area (Å²) in [5.74, 6) is -1.07. The molecule has 0 fully saturated rings. The molecule has 19 heavy (non-hydrogen) atoms. The number of rotatable bonds is 5. The lowest BCUT2D eigenvalue weighted by Gasteiger charge is -2.22. The Balaban J connectivity index is 2.65. The molecule has 0 atom stereocenters. The van der Waals surface area contributed by atoms with Crippen LogP contribution < -0.4 is 10.6 Å². The molecule has 0 saturated heterocycles. The zero-order valence-electron chi connectivity index (χ0n) is 11.2. The molecule has 3 N–H and O–H groups in total. The summed E-state index contributed by atoms with van der Waals surface area (Å²) < 4.78 is -0.0658. The van der Waals surface area contributed by atoms with Gasteiger partial charge in [0.05, 0.1) is 11.3 Å². The topological polar surface area (TPSA) is 78.4 Å². The van der Waals surface area contributed by atoms with E-state index in [9.17, 15) is 9.59 Å². The second-order valence-corrected chi connectivity index (χ2v) is 6.14. The van der Waals surface area contributed by atoms with Crippen molar-refractivity contribution < 1.29 is 14.7 Å². The van der Waals surface area contributed by atoms with Gasteiger partial charge in [0.25, 0.3) is 0 Å². The van der Waals surface area contributed by atoms with Crippen molar-refractivity contribution in [1.29, 1.82) is 0 Å². The summed E-state index contributed by atoms with van der Waals surface area (Å²) in [7, 11) is 0. The number of benzene rings is 1. The van der Waals surface area contributed by atoms with Gasteiger partial charge >= 0.3 is 12.0 Å². The Kier molecular flexibility index (Phi) is 5.23. The smallest absolute Gasteiger partial charge is 0.337 e. The van der Waals surface area contributed by atoms with Gasteiger partial charge in [-0.15, -0.1) is 0 Å². The van der Waals surface area contributed by atoms with E-state index in [1.807, 2.05) is 20.1 Å². The number of urea groups is 1. The Morgan fingerprint density at radius 2 is 1.95 bits per heavy atom. The van der Waals surface area contributed by atoms with E-state index in [0.29, 0.717) is 6.54 Å². The summed E-state index contributed by atoms with van der Waals surface area (Å²) in [6.07, 6.45) is 1.97. The molecule has 6 heteroatoms. The van der Waals surface area contributed by atoms with E-state index in [1.165, 1.54) is 6.07 Å². The second-order valence-electron chi connectivity index (χ2n) is 4.62. The molecule has 0 aromatic heterocycles. The van der Waals surface area contributed by atoms with Crippen molar-refractivity contribution in [2.45, 2.75) is 18.6 Å². The molecule has 1 rings (SSSR count). The molecule has 0 unspecified atom stereocenters. The Labute approximate surface area is 116 Å². The third kappa shape index (κ3) is 4.82. The molecule has 5 nitrogen and oxygen atoms in total. The number of hydrogen-bond acceptors (Lipinski definition) is 3. The molecular weight excluding hydrogens is 264 g/mol. The number of amides is 2. The van der Waals surface area contributed by atoms with Gasteiger partial charge in [-0.1, -0.05) is 12.1 Å². The van der Waals surface area contributed by atoms with Crippen molar-refractivity contribution >= 4 is 29.4 Å². The largest absolute Gasteiger partial charge is 0.478 e. The maximum absolute atomic E-state index is 11.7. The van der Waals surface area contributed by atoms with Crippen molar-refractivity contribution in [3.8, 4) is 0 Å². The summed E-state index contributed by atoms with van der Waals surface area (Å²) in [6.45, 7) is 4.53. The monoisotopic (exact) mass is 282 g/mol. The number of carbonyl (C=O) groups is 2. The number of anilines is 1. The van der Waals surface area contributed by atoms with Crippen LogP contribution in [-0.2, 0) is 0 Å². The van der Waals surface area contributed by atoms with Gasteiger partial charge in [0.2, 0.25) is 0 Å². The minimum absolute atomic E-state index is 0.0658. The van der Waals surface area contributed by atoms with Crippen molar-refractivity contribution in [1.82, 2.24) is 5.32 Å². The average Bonchev–Trinajstić information content (AvgIpc) is 2.37. The van der Waals surface area contributed by atoms with Crippen LogP contribution in [0.1, 0.15) is 24.2 Å². The molecule has 0 aliphatic rings. The molecule has 0 aliphatic carbocycles. The normalized spacial score (nSPS) is 10.9. The number of hydrogen-bond donors (Lipinski definition) is 3. The van der Waals surface area contributed by atoms with Gasteiger partial charge in [-0.25, -0.2) is 9.59 Å². The number of thioether (sulfide) groups is 1. The molecule has 0 saturated carbocycles. The highest BCUT2D eigenvalue weighted by atomic mass is 32.2. The van der Waals surface area contributed by atoms with Crippen LogP contribution in [-0.4, -0.2) is 34.7 Å². The number of para-hydroxylation sites is 1. The van der Waals surface area contributed by atoms with Crippen molar-refractivity contribution in [2.24, 2.45) is 0 Å². The van der Waals surface area contributed by atoms with E-state index >= 15 is 0 Å². The van der Waals surface area contributed by atoms with Crippen LogP contribution in [0.25, 0.3) is 0 Å². The van der Waals surface area contributed by atoms with E-state index < -0.39 is 12.0 Å². The van der Waals surface area contributed by atoms with E-state index in [-0.39, 0.29) is 16.0 Å². The van der Waals surface area contributed by atoms with Gasteiger partial charge < -0.3 is 15.7 Å². The lowest BCUT2D eigenvalue weighted by atomic mass is 10.2. The SMILES string of the molecule is CSC(C)(C)CNC(=O)Nc1ccccc1C(=O)O. The van der Waals surface area contributed by atoms with Crippen LogP contribution in [0.3, 0.4) is 0 Å². The molecule has 0 aliphatic heterocycles. The first-order valence-electron chi connectivity index (χ1n) is 5.78. The Morgan fingerprint density at radius 3 is 2.53 bits per heavy atom. The van der Waals surface area contributed by atoms with E-state index in [0.717, 1.165) is 0 Å². The van der Waals surface area contributed by atoms with E-state index in [4.69, 9.17) is 5.11 Å². The zero-order valence-corrected chi connectivity index (χ0v) is 12.0. The first-order valence-corrected chi connectivity index (χ1v) is 7.00. The summed E-state index contributed by atoms with van der Waals surface area (Å²) in [5.41, 5.74) is 0.358. The zero-order chi connectivity index (χ0) is 14.5. The number of nitrogens with one attached hydrogen (secondary N) is 2. The van der Waals surface area contributed by atoms with Crippen LogP contribution in [0.2, 0.25) is 0 Å². The standard InChI is InChI=1S/C13H18N2O3S/c1-13(2,19-3)8-14-12(18)15-10-7-5-4-6-9(10)11(16)17/h4-7H,8H2,1-3H3,(H,16,17)(H2,14,15,18). The Morgan fingerprint density at radius 1 is 1.32 bits per heavy atom. The van der Waals surface area contributed by atoms with Crippen molar-refractivity contribution in [3.05, 3.63) is 29.8 Å². The quantitative estimate of drug-likeness (QED) is 0.775. The van der Waals surface area contributed by atoms with Gasteiger partial charge in [0, 0.05) is 11.3 Å². The van der Waals surface area contributed by atoms with Crippen LogP contribution in [0, 0.1) is 0 Å². The molecular formula is C13H18N2O3S. The molecule has 2 amide bonds. The highest BCUT2D eigenvalue weighted by Crippen LogP contribution is 2.19. The van der Waals surface area contributed by atoms with Gasteiger partial charge in [-0.3, -0.25) is 0 Å². The van der Waals surface area contributed by atoms with Crippen LogP contribution in [0.4, 0.5) is 10.5 Å². The van der Waals surface area contributed by atoms with Crippen molar-refractivity contribution in [2.75, 3.05) is 18.1 Å². The van der Waals surface area contributed by atoms with Gasteiger partial charge in [-0.2, -0.15) is 11.8 Å². The fourth-order valence-electron chi connectivity index (χ4n) is 1.31. The van der Waals surface area contributed by atoms with Gasteiger partial charge in [0.1, 0.15) is 0 Å². The van der Waals surface area contributed by atoms with Gasteiger partial charge in [0.15, 0.2) is 0 Å². The maximum atomic E-state index is 11.7. The van der Waals surface area contributed by atoms with Crippen LogP contribution in [0.15, 0.2) is 24.3 Å². The summed E-state index contributed by atoms with van der Waals surface area (Å²) in [6, 6.07) is 5.89. The molecule has 104 valence electrons. The molecule has 0 radical (unpaired) electrons. The minimum atomic E-state index is -1.07. The summed E-state index contributed by atoms with van der Waals surface area (Å²) in [4.78, 5) is 22.7. The third-order valence-electron chi connectivity index (χ3n) is 2.63. The van der Waals surface area contributed by atoms with E-state index in [1.54, 1.807) is 30.0 Å². The maximum Gasteiger partial charge on any atom is 0.337 e. The molecule has 1 aromatic rings. The Bertz CT molecular complexity index is 475. The predicted octanol–water partition coefficient (Wildman–Crippen LogP) is 2.65. The molecule has 0 bridgehead atoms. The van der Waals surface area contributed by atoms with E-state index in [2.05, 4.69) is 10.6 Å². The van der Waals surface area contributed by atoms with Gasteiger partial charge in [-0.05, 0) is 32.2 Å². The average molecular weight is 282 g/mol. The highest BCUT2D eigenvalue weighted by Gasteiger charge is 2.17. The number of aromatic carboxylic acids is 1. The summed E-state index contributed by atoms with van der Waals surface area (Å²) >= 11 is 1.65. The first-order chi connectivity index (χ1) is 8.85. The Hall–Kier alpha value is -1.69. The van der Waals surface area contributed by atoms with Crippen LogP contribution >= 0.6 is 11.8 Å². The first kappa shape index (κ1) is 15.4. The lowest BCUT2D eigenvalue weighted by Crippen LogP contribution is -2.38. The molecule has 0 heterocycles. The number of carbonyl (C=O) groups excluding carboxylic acids is 1. The second kappa shape index (κ2) is 6.47.